The van der Waals surface area contributed by atoms with Crippen LogP contribution in [0.4, 0.5) is 5.69 Å². The van der Waals surface area contributed by atoms with Crippen molar-refractivity contribution in [3.8, 4) is 0 Å². The van der Waals surface area contributed by atoms with Gasteiger partial charge in [-0.3, -0.25) is 9.20 Å². The fourth-order valence-electron chi connectivity index (χ4n) is 2.00. The zero-order valence-corrected chi connectivity index (χ0v) is 13.9. The molecular formula is C14H13N5O3S2. The van der Waals surface area contributed by atoms with Crippen molar-refractivity contribution in [2.75, 3.05) is 11.1 Å². The molecule has 8 nitrogen and oxygen atoms in total. The van der Waals surface area contributed by atoms with Gasteiger partial charge in [0.2, 0.25) is 15.9 Å². The van der Waals surface area contributed by atoms with Crippen molar-refractivity contribution in [2.24, 2.45) is 5.14 Å². The Bertz CT molecular complexity index is 1000. The number of rotatable bonds is 5. The molecule has 0 radical (unpaired) electrons. The number of sulfonamides is 1. The van der Waals surface area contributed by atoms with E-state index in [1.54, 1.807) is 10.5 Å². The molecule has 3 aromatic rings. The maximum atomic E-state index is 12.0. The molecule has 2 aromatic heterocycles. The Balaban J connectivity index is 1.66. The molecule has 10 heteroatoms. The van der Waals surface area contributed by atoms with Gasteiger partial charge in [-0.25, -0.2) is 13.6 Å². The Labute approximate surface area is 142 Å². The number of pyridine rings is 1. The molecule has 0 saturated carbocycles. The van der Waals surface area contributed by atoms with Crippen LogP contribution in [0.3, 0.4) is 0 Å². The Morgan fingerprint density at radius 1 is 1.21 bits per heavy atom. The van der Waals surface area contributed by atoms with E-state index in [2.05, 4.69) is 15.5 Å². The maximum absolute atomic E-state index is 12.0. The smallest absolute Gasteiger partial charge is 0.238 e. The molecule has 124 valence electrons. The molecule has 0 aliphatic rings. The van der Waals surface area contributed by atoms with Crippen molar-refractivity contribution in [3.05, 3.63) is 48.7 Å². The highest BCUT2D eigenvalue weighted by molar-refractivity contribution is 7.99. The van der Waals surface area contributed by atoms with Gasteiger partial charge in [0.15, 0.2) is 10.8 Å². The zero-order chi connectivity index (χ0) is 17.2. The third kappa shape index (κ3) is 3.72. The second-order valence-corrected chi connectivity index (χ2v) is 7.33. The van der Waals surface area contributed by atoms with E-state index in [0.717, 1.165) is 0 Å². The average molecular weight is 363 g/mol. The van der Waals surface area contributed by atoms with Gasteiger partial charge in [-0.2, -0.15) is 0 Å². The fraction of sp³-hybridized carbons (Fsp3) is 0.0714. The molecule has 0 saturated heterocycles. The lowest BCUT2D eigenvalue weighted by atomic mass is 10.3. The highest BCUT2D eigenvalue weighted by Gasteiger charge is 2.11. The first kappa shape index (κ1) is 16.4. The largest absolute Gasteiger partial charge is 0.325 e. The van der Waals surface area contributed by atoms with Gasteiger partial charge in [0.25, 0.3) is 0 Å². The molecule has 0 spiro atoms. The summed E-state index contributed by atoms with van der Waals surface area (Å²) in [6.45, 7) is 0. The molecule has 1 amide bonds. The number of hydrogen-bond acceptors (Lipinski definition) is 6. The molecule has 0 fully saturated rings. The van der Waals surface area contributed by atoms with Crippen molar-refractivity contribution in [2.45, 2.75) is 10.1 Å². The standard InChI is InChI=1S/C14H13N5O3S2/c15-24(21,22)11-5-3-4-10(8-11)16-13(20)9-23-14-18-17-12-6-1-2-7-19(12)14/h1-8H,9H2,(H,16,20)(H2,15,21,22). The SMILES string of the molecule is NS(=O)(=O)c1cccc(NC(=O)CSc2nnc3ccccn23)c1. The summed E-state index contributed by atoms with van der Waals surface area (Å²) in [5.74, 6) is -0.186. The number of nitrogens with zero attached hydrogens (tertiary/aromatic N) is 3. The van der Waals surface area contributed by atoms with E-state index < -0.39 is 10.0 Å². The molecule has 3 rings (SSSR count). The minimum atomic E-state index is -3.81. The van der Waals surface area contributed by atoms with E-state index in [0.29, 0.717) is 16.5 Å². The highest BCUT2D eigenvalue weighted by Crippen LogP contribution is 2.18. The van der Waals surface area contributed by atoms with Crippen LogP contribution in [0, 0.1) is 0 Å². The van der Waals surface area contributed by atoms with E-state index in [4.69, 9.17) is 5.14 Å². The minimum absolute atomic E-state index is 0.0589. The molecule has 24 heavy (non-hydrogen) atoms. The summed E-state index contributed by atoms with van der Waals surface area (Å²) >= 11 is 1.23. The number of hydrogen-bond donors (Lipinski definition) is 2. The summed E-state index contributed by atoms with van der Waals surface area (Å²) in [7, 11) is -3.81. The Morgan fingerprint density at radius 2 is 2.04 bits per heavy atom. The number of primary sulfonamides is 1. The van der Waals surface area contributed by atoms with Crippen molar-refractivity contribution in [3.63, 3.8) is 0 Å². The van der Waals surface area contributed by atoms with Gasteiger partial charge >= 0.3 is 0 Å². The van der Waals surface area contributed by atoms with Crippen LogP contribution < -0.4 is 10.5 Å². The third-order valence-electron chi connectivity index (χ3n) is 3.06. The lowest BCUT2D eigenvalue weighted by Gasteiger charge is -2.06. The van der Waals surface area contributed by atoms with Crippen LogP contribution in [0.25, 0.3) is 5.65 Å². The number of nitrogens with two attached hydrogens (primary N) is 1. The lowest BCUT2D eigenvalue weighted by molar-refractivity contribution is -0.113. The number of anilines is 1. The van der Waals surface area contributed by atoms with E-state index in [-0.39, 0.29) is 16.6 Å². The van der Waals surface area contributed by atoms with Gasteiger partial charge < -0.3 is 5.32 Å². The van der Waals surface area contributed by atoms with Crippen molar-refractivity contribution >= 4 is 39.0 Å². The zero-order valence-electron chi connectivity index (χ0n) is 12.3. The predicted octanol–water partition coefficient (Wildman–Crippen LogP) is 1.11. The highest BCUT2D eigenvalue weighted by atomic mass is 32.2. The number of aromatic nitrogens is 3. The minimum Gasteiger partial charge on any atom is -0.325 e. The first-order valence-electron chi connectivity index (χ1n) is 6.79. The first-order valence-corrected chi connectivity index (χ1v) is 9.32. The molecule has 0 unspecified atom stereocenters. The molecule has 1 aromatic carbocycles. The van der Waals surface area contributed by atoms with Crippen LogP contribution >= 0.6 is 11.8 Å². The van der Waals surface area contributed by atoms with Crippen molar-refractivity contribution < 1.29 is 13.2 Å². The Kier molecular flexibility index (Phi) is 4.51. The molecule has 0 bridgehead atoms. The fourth-order valence-corrected chi connectivity index (χ4v) is 3.28. The van der Waals surface area contributed by atoms with Crippen LogP contribution in [-0.2, 0) is 14.8 Å². The summed E-state index contributed by atoms with van der Waals surface area (Å²) in [5.41, 5.74) is 1.06. The summed E-state index contributed by atoms with van der Waals surface area (Å²) in [6.07, 6.45) is 1.81. The topological polar surface area (TPSA) is 119 Å². The van der Waals surface area contributed by atoms with E-state index in [1.165, 1.54) is 30.0 Å². The lowest BCUT2D eigenvalue weighted by Crippen LogP contribution is -2.16. The summed E-state index contributed by atoms with van der Waals surface area (Å²) in [4.78, 5) is 12.0. The Morgan fingerprint density at radius 3 is 2.83 bits per heavy atom. The molecule has 0 aliphatic heterocycles. The van der Waals surface area contributed by atoms with E-state index in [1.807, 2.05) is 24.4 Å². The maximum Gasteiger partial charge on any atom is 0.238 e. The average Bonchev–Trinajstić information content (AvgIpc) is 2.96. The number of fused-ring (bicyclic) bond motifs is 1. The van der Waals surface area contributed by atoms with Gasteiger partial charge in [0.1, 0.15) is 0 Å². The van der Waals surface area contributed by atoms with Crippen LogP contribution in [0.2, 0.25) is 0 Å². The molecule has 3 N–H and O–H groups in total. The van der Waals surface area contributed by atoms with Crippen molar-refractivity contribution in [1.82, 2.24) is 14.6 Å². The number of amides is 1. The molecule has 2 heterocycles. The monoisotopic (exact) mass is 363 g/mol. The molecule has 0 aliphatic carbocycles. The normalized spacial score (nSPS) is 11.5. The third-order valence-corrected chi connectivity index (χ3v) is 4.92. The van der Waals surface area contributed by atoms with Crippen LogP contribution in [0.1, 0.15) is 0 Å². The van der Waals surface area contributed by atoms with Crippen molar-refractivity contribution in [1.29, 1.82) is 0 Å². The van der Waals surface area contributed by atoms with E-state index >= 15 is 0 Å². The summed E-state index contributed by atoms with van der Waals surface area (Å²) in [6, 6.07) is 11.3. The molecular weight excluding hydrogens is 350 g/mol. The van der Waals surface area contributed by atoms with Gasteiger partial charge in [-0.15, -0.1) is 10.2 Å². The van der Waals surface area contributed by atoms with Crippen LogP contribution in [-0.4, -0.2) is 34.7 Å². The van der Waals surface area contributed by atoms with E-state index in [9.17, 15) is 13.2 Å². The number of thioether (sulfide) groups is 1. The van der Waals surface area contributed by atoms with Gasteiger partial charge in [0, 0.05) is 11.9 Å². The van der Waals surface area contributed by atoms with Crippen LogP contribution in [0.15, 0.2) is 58.7 Å². The number of nitrogens with one attached hydrogen (secondary N) is 1. The predicted molar refractivity (Wildman–Crippen MR) is 90.2 cm³/mol. The first-order chi connectivity index (χ1) is 11.4. The second kappa shape index (κ2) is 6.59. The molecule has 0 atom stereocenters. The van der Waals surface area contributed by atoms with Gasteiger partial charge in [-0.05, 0) is 30.3 Å². The second-order valence-electron chi connectivity index (χ2n) is 4.82. The van der Waals surface area contributed by atoms with Gasteiger partial charge in [-0.1, -0.05) is 23.9 Å². The summed E-state index contributed by atoms with van der Waals surface area (Å²) < 4.78 is 24.4. The van der Waals surface area contributed by atoms with Crippen LogP contribution in [0.5, 0.6) is 0 Å². The quantitative estimate of drug-likeness (QED) is 0.655. The number of carbonyl (C=O) groups is 1. The Hall–Kier alpha value is -2.43. The number of benzene rings is 1. The van der Waals surface area contributed by atoms with Gasteiger partial charge in [0.05, 0.1) is 10.6 Å². The number of carbonyl (C=O) groups excluding carboxylic acids is 1. The summed E-state index contributed by atoms with van der Waals surface area (Å²) in [5, 5.41) is 16.3.